The predicted octanol–water partition coefficient (Wildman–Crippen LogP) is -1.51. The molecule has 4 rings (SSSR count). The molecular weight excluding hydrogens is 346 g/mol. The van der Waals surface area contributed by atoms with Gasteiger partial charge in [-0.15, -0.1) is 0 Å². The minimum absolute atomic E-state index is 0.348. The molecular formula is C15H19N5O6. The highest BCUT2D eigenvalue weighted by atomic mass is 16.6. The third-order valence-corrected chi connectivity index (χ3v) is 4.94. The fourth-order valence-electron chi connectivity index (χ4n) is 3.62. The number of aromatic nitrogens is 4. The van der Waals surface area contributed by atoms with Crippen molar-refractivity contribution in [3.8, 4) is 0 Å². The van der Waals surface area contributed by atoms with Crippen molar-refractivity contribution in [3.05, 3.63) is 12.7 Å². The zero-order valence-corrected chi connectivity index (χ0v) is 13.7. The molecule has 11 nitrogen and oxygen atoms in total. The summed E-state index contributed by atoms with van der Waals surface area (Å²) in [6.45, 7) is 0.111. The van der Waals surface area contributed by atoms with E-state index in [0.29, 0.717) is 29.9 Å². The smallest absolute Gasteiger partial charge is 0.326 e. The normalized spacial score (nSPS) is 31.8. The SMILES string of the molecule is O=C(O)[C@H]1CCCN1c1ncnc2c1ncn2[C@@H]1O[C@H](CO)C(O)[C@@H]1O. The Hall–Kier alpha value is -2.34. The summed E-state index contributed by atoms with van der Waals surface area (Å²) in [6.07, 6.45) is -0.426. The molecule has 2 aromatic heterocycles. The average molecular weight is 365 g/mol. The maximum absolute atomic E-state index is 11.5. The van der Waals surface area contributed by atoms with Gasteiger partial charge >= 0.3 is 5.97 Å². The topological polar surface area (TPSA) is 154 Å². The molecule has 2 aliphatic rings. The summed E-state index contributed by atoms with van der Waals surface area (Å²) in [4.78, 5) is 25.8. The molecule has 1 unspecified atom stereocenters. The maximum Gasteiger partial charge on any atom is 0.326 e. The molecule has 140 valence electrons. The lowest BCUT2D eigenvalue weighted by Crippen LogP contribution is -2.36. The third kappa shape index (κ3) is 2.51. The Morgan fingerprint density at radius 2 is 2.08 bits per heavy atom. The van der Waals surface area contributed by atoms with E-state index in [1.807, 2.05) is 0 Å². The van der Waals surface area contributed by atoms with E-state index < -0.39 is 43.2 Å². The number of imidazole rings is 1. The molecule has 5 atom stereocenters. The van der Waals surface area contributed by atoms with Crippen molar-refractivity contribution in [2.75, 3.05) is 18.1 Å². The highest BCUT2D eigenvalue weighted by molar-refractivity contribution is 5.87. The fraction of sp³-hybridized carbons (Fsp3) is 0.600. The Balaban J connectivity index is 1.73. The van der Waals surface area contributed by atoms with E-state index in [1.54, 1.807) is 4.90 Å². The van der Waals surface area contributed by atoms with E-state index in [4.69, 9.17) is 4.74 Å². The van der Waals surface area contributed by atoms with Crippen LogP contribution in [0.25, 0.3) is 11.2 Å². The van der Waals surface area contributed by atoms with Crippen molar-refractivity contribution in [1.82, 2.24) is 19.5 Å². The first kappa shape index (κ1) is 17.1. The minimum Gasteiger partial charge on any atom is -0.480 e. The van der Waals surface area contributed by atoms with Crippen molar-refractivity contribution >= 4 is 23.0 Å². The first-order valence-corrected chi connectivity index (χ1v) is 8.32. The van der Waals surface area contributed by atoms with Crippen LogP contribution in [-0.2, 0) is 9.53 Å². The number of rotatable bonds is 4. The lowest BCUT2D eigenvalue weighted by molar-refractivity contribution is -0.138. The Bertz CT molecular complexity index is 828. The molecule has 2 saturated heterocycles. The van der Waals surface area contributed by atoms with Gasteiger partial charge in [0.25, 0.3) is 0 Å². The summed E-state index contributed by atoms with van der Waals surface area (Å²) < 4.78 is 6.97. The summed E-state index contributed by atoms with van der Waals surface area (Å²) in [6, 6.07) is -0.674. The van der Waals surface area contributed by atoms with Crippen LogP contribution in [-0.4, -0.2) is 83.4 Å². The van der Waals surface area contributed by atoms with Crippen LogP contribution in [0, 0.1) is 0 Å². The molecule has 0 bridgehead atoms. The van der Waals surface area contributed by atoms with Gasteiger partial charge < -0.3 is 30.1 Å². The van der Waals surface area contributed by atoms with Gasteiger partial charge in [0.2, 0.25) is 0 Å². The van der Waals surface area contributed by atoms with E-state index in [0.717, 1.165) is 6.42 Å². The van der Waals surface area contributed by atoms with Crippen molar-refractivity contribution in [3.63, 3.8) is 0 Å². The number of carboxylic acid groups (broad SMARTS) is 1. The number of aliphatic hydroxyl groups excluding tert-OH is 3. The first-order chi connectivity index (χ1) is 12.5. The third-order valence-electron chi connectivity index (χ3n) is 4.94. The Kier molecular flexibility index (Phi) is 4.23. The van der Waals surface area contributed by atoms with E-state index >= 15 is 0 Å². The number of carbonyl (C=O) groups is 1. The predicted molar refractivity (Wildman–Crippen MR) is 86.3 cm³/mol. The van der Waals surface area contributed by atoms with Crippen LogP contribution in [0.15, 0.2) is 12.7 Å². The van der Waals surface area contributed by atoms with Gasteiger partial charge in [0.1, 0.15) is 30.7 Å². The number of nitrogens with zero attached hydrogens (tertiary/aromatic N) is 5. The van der Waals surface area contributed by atoms with Crippen LogP contribution in [0.4, 0.5) is 5.82 Å². The monoisotopic (exact) mass is 365 g/mol. The van der Waals surface area contributed by atoms with Crippen LogP contribution < -0.4 is 4.90 Å². The van der Waals surface area contributed by atoms with Gasteiger partial charge in [-0.2, -0.15) is 0 Å². The van der Waals surface area contributed by atoms with Crippen LogP contribution >= 0.6 is 0 Å². The van der Waals surface area contributed by atoms with Gasteiger partial charge in [0.15, 0.2) is 23.2 Å². The lowest BCUT2D eigenvalue weighted by atomic mass is 10.1. The van der Waals surface area contributed by atoms with Crippen molar-refractivity contribution in [2.45, 2.75) is 43.4 Å². The van der Waals surface area contributed by atoms with Gasteiger partial charge in [0, 0.05) is 6.54 Å². The summed E-state index contributed by atoms with van der Waals surface area (Å²) >= 11 is 0. The number of fused-ring (bicyclic) bond motifs is 1. The van der Waals surface area contributed by atoms with Gasteiger partial charge in [-0.1, -0.05) is 0 Å². The van der Waals surface area contributed by atoms with Gasteiger partial charge in [0.05, 0.1) is 12.9 Å². The van der Waals surface area contributed by atoms with Crippen LogP contribution in [0.2, 0.25) is 0 Å². The van der Waals surface area contributed by atoms with E-state index in [9.17, 15) is 25.2 Å². The molecule has 0 aliphatic carbocycles. The minimum atomic E-state index is -1.26. The molecule has 0 aromatic carbocycles. The standard InChI is InChI=1S/C15H19N5O6/c21-4-8-10(22)11(23)14(26-8)20-6-18-9-12(16-5-17-13(9)20)19-3-1-2-7(19)15(24)25/h5-8,10-11,14,21-23H,1-4H2,(H,24,25)/t7-,8-,10?,11+,14-/m1/s1. The molecule has 4 heterocycles. The zero-order valence-electron chi connectivity index (χ0n) is 13.7. The molecule has 2 fully saturated rings. The van der Waals surface area contributed by atoms with E-state index in [1.165, 1.54) is 17.2 Å². The summed E-state index contributed by atoms with van der Waals surface area (Å²) in [5.41, 5.74) is 0.735. The summed E-state index contributed by atoms with van der Waals surface area (Å²) in [5, 5.41) is 38.8. The quantitative estimate of drug-likeness (QED) is 0.503. The largest absolute Gasteiger partial charge is 0.480 e. The average Bonchev–Trinajstić information content (AvgIpc) is 3.33. The van der Waals surface area contributed by atoms with Crippen LogP contribution in [0.1, 0.15) is 19.1 Å². The molecule has 11 heteroatoms. The van der Waals surface area contributed by atoms with Crippen LogP contribution in [0.3, 0.4) is 0 Å². The first-order valence-electron chi connectivity index (χ1n) is 8.32. The fourth-order valence-corrected chi connectivity index (χ4v) is 3.62. The second-order valence-corrected chi connectivity index (χ2v) is 6.44. The molecule has 2 aliphatic heterocycles. The number of carboxylic acids is 1. The van der Waals surface area contributed by atoms with Gasteiger partial charge in [-0.3, -0.25) is 4.57 Å². The Morgan fingerprint density at radius 3 is 2.77 bits per heavy atom. The Morgan fingerprint density at radius 1 is 1.27 bits per heavy atom. The molecule has 0 spiro atoms. The number of hydrogen-bond acceptors (Lipinski definition) is 9. The number of ether oxygens (including phenoxy) is 1. The second kappa shape index (κ2) is 6.43. The molecule has 2 aromatic rings. The van der Waals surface area contributed by atoms with Crippen molar-refractivity contribution in [2.24, 2.45) is 0 Å². The second-order valence-electron chi connectivity index (χ2n) is 6.44. The number of aliphatic carboxylic acids is 1. The molecule has 0 amide bonds. The van der Waals surface area contributed by atoms with Crippen molar-refractivity contribution < 1.29 is 30.0 Å². The summed E-state index contributed by atoms with van der Waals surface area (Å²) in [7, 11) is 0. The number of hydrogen-bond donors (Lipinski definition) is 4. The lowest BCUT2D eigenvalue weighted by Gasteiger charge is -2.22. The zero-order chi connectivity index (χ0) is 18.4. The molecule has 26 heavy (non-hydrogen) atoms. The Labute approximate surface area is 147 Å². The van der Waals surface area contributed by atoms with Gasteiger partial charge in [-0.25, -0.2) is 19.7 Å². The van der Waals surface area contributed by atoms with E-state index in [-0.39, 0.29) is 0 Å². The molecule has 0 saturated carbocycles. The van der Waals surface area contributed by atoms with E-state index in [2.05, 4.69) is 15.0 Å². The summed E-state index contributed by atoms with van der Waals surface area (Å²) in [5.74, 6) is -0.512. The number of aliphatic hydroxyl groups is 3. The maximum atomic E-state index is 11.5. The van der Waals surface area contributed by atoms with Crippen molar-refractivity contribution in [1.29, 1.82) is 0 Å². The highest BCUT2D eigenvalue weighted by Gasteiger charge is 2.44. The molecule has 0 radical (unpaired) electrons. The van der Waals surface area contributed by atoms with Gasteiger partial charge in [-0.05, 0) is 12.8 Å². The molecule has 4 N–H and O–H groups in total. The highest BCUT2D eigenvalue weighted by Crippen LogP contribution is 2.34. The number of anilines is 1. The van der Waals surface area contributed by atoms with Crippen LogP contribution in [0.5, 0.6) is 0 Å².